The van der Waals surface area contributed by atoms with Gasteiger partial charge in [-0.2, -0.15) is 0 Å². The zero-order valence-electron chi connectivity index (χ0n) is 9.10. The minimum absolute atomic E-state index is 0.0832. The van der Waals surface area contributed by atoms with E-state index in [1.165, 1.54) is 0 Å². The number of likely N-dealkylation sites (N-methyl/N-ethyl adjacent to an activating group) is 1. The van der Waals surface area contributed by atoms with Crippen LogP contribution >= 0.6 is 0 Å². The Kier molecular flexibility index (Phi) is 4.77. The van der Waals surface area contributed by atoms with E-state index in [1.807, 2.05) is 34.7 Å². The quantitative estimate of drug-likeness (QED) is 0.697. The Bertz CT molecular complexity index is 163. The summed E-state index contributed by atoms with van der Waals surface area (Å²) in [7, 11) is 1.84. The maximum atomic E-state index is 11.2. The molecule has 0 aromatic rings. The maximum Gasteiger partial charge on any atom is 0.407 e. The molecule has 0 aliphatic rings. The van der Waals surface area contributed by atoms with E-state index in [9.17, 15) is 4.79 Å². The van der Waals surface area contributed by atoms with Gasteiger partial charge in [0.05, 0.1) is 0 Å². The summed E-state index contributed by atoms with van der Waals surface area (Å²) in [6.07, 6.45) is -0.366. The number of carbonyl (C=O) groups is 1. The maximum absolute atomic E-state index is 11.2. The second-order valence-electron chi connectivity index (χ2n) is 4.10. The molecule has 4 nitrogen and oxygen atoms in total. The molecule has 78 valence electrons. The molecule has 0 radical (unpaired) electrons. The Morgan fingerprint density at radius 2 is 2.00 bits per heavy atom. The number of ether oxygens (including phenoxy) is 1. The summed E-state index contributed by atoms with van der Waals surface area (Å²) in [5.41, 5.74) is -0.427. The van der Waals surface area contributed by atoms with Crippen molar-refractivity contribution in [2.24, 2.45) is 0 Å². The molecule has 0 aromatic heterocycles. The molecule has 0 bridgehead atoms. The van der Waals surface area contributed by atoms with E-state index < -0.39 is 5.60 Å². The van der Waals surface area contributed by atoms with Crippen LogP contribution in [0.1, 0.15) is 27.7 Å². The van der Waals surface area contributed by atoms with Crippen LogP contribution in [0, 0.1) is 0 Å². The molecule has 0 heterocycles. The molecule has 13 heavy (non-hydrogen) atoms. The van der Waals surface area contributed by atoms with Gasteiger partial charge in [-0.25, -0.2) is 4.79 Å². The van der Waals surface area contributed by atoms with E-state index in [-0.39, 0.29) is 12.1 Å². The highest BCUT2D eigenvalue weighted by Gasteiger charge is 2.16. The molecule has 2 N–H and O–H groups in total. The predicted octanol–water partition coefficient (Wildman–Crippen LogP) is 1.12. The van der Waals surface area contributed by atoms with Crippen LogP contribution in [0.4, 0.5) is 4.79 Å². The largest absolute Gasteiger partial charge is 0.444 e. The van der Waals surface area contributed by atoms with Crippen LogP contribution < -0.4 is 10.6 Å². The summed E-state index contributed by atoms with van der Waals surface area (Å²) in [5.74, 6) is 0. The van der Waals surface area contributed by atoms with E-state index in [2.05, 4.69) is 10.6 Å². The number of carbonyl (C=O) groups excluding carboxylic acids is 1. The van der Waals surface area contributed by atoms with Crippen LogP contribution in [0.5, 0.6) is 0 Å². The number of hydrogen-bond acceptors (Lipinski definition) is 3. The van der Waals surface area contributed by atoms with E-state index in [1.54, 1.807) is 0 Å². The summed E-state index contributed by atoms with van der Waals surface area (Å²) < 4.78 is 5.08. The summed E-state index contributed by atoms with van der Waals surface area (Å²) >= 11 is 0. The number of alkyl carbamates (subject to hydrolysis) is 1. The highest BCUT2D eigenvalue weighted by molar-refractivity contribution is 5.68. The van der Waals surface area contributed by atoms with Crippen molar-refractivity contribution in [3.05, 3.63) is 0 Å². The van der Waals surface area contributed by atoms with Crippen LogP contribution in [-0.2, 0) is 4.74 Å². The molecule has 1 unspecified atom stereocenters. The first-order valence-electron chi connectivity index (χ1n) is 4.49. The topological polar surface area (TPSA) is 50.4 Å². The molecule has 0 fully saturated rings. The van der Waals surface area contributed by atoms with Gasteiger partial charge in [-0.1, -0.05) is 0 Å². The third-order valence-corrected chi connectivity index (χ3v) is 1.27. The molecule has 4 heteroatoms. The molecular weight excluding hydrogens is 168 g/mol. The first-order valence-corrected chi connectivity index (χ1v) is 4.49. The Hall–Kier alpha value is -0.770. The van der Waals surface area contributed by atoms with E-state index in [0.717, 1.165) is 6.54 Å². The third-order valence-electron chi connectivity index (χ3n) is 1.27. The average Bonchev–Trinajstić information content (AvgIpc) is 1.81. The monoisotopic (exact) mass is 188 g/mol. The van der Waals surface area contributed by atoms with Gasteiger partial charge in [-0.05, 0) is 34.7 Å². The fraction of sp³-hybridized carbons (Fsp3) is 0.889. The molecule has 0 saturated heterocycles. The van der Waals surface area contributed by atoms with E-state index in [4.69, 9.17) is 4.74 Å². The van der Waals surface area contributed by atoms with Crippen LogP contribution in [0.15, 0.2) is 0 Å². The molecule has 1 atom stereocenters. The summed E-state index contributed by atoms with van der Waals surface area (Å²) in [5, 5.41) is 5.68. The van der Waals surface area contributed by atoms with Gasteiger partial charge < -0.3 is 15.4 Å². The smallest absolute Gasteiger partial charge is 0.407 e. The lowest BCUT2D eigenvalue weighted by molar-refractivity contribution is 0.0509. The minimum Gasteiger partial charge on any atom is -0.444 e. The Morgan fingerprint density at radius 3 is 2.38 bits per heavy atom. The van der Waals surface area contributed by atoms with E-state index in [0.29, 0.717) is 0 Å². The van der Waals surface area contributed by atoms with Gasteiger partial charge >= 0.3 is 6.09 Å². The van der Waals surface area contributed by atoms with E-state index >= 15 is 0 Å². The second kappa shape index (κ2) is 5.07. The number of amides is 1. The standard InChI is InChI=1S/C9H20N2O2/c1-7(6-10-5)11-8(12)13-9(2,3)4/h7,10H,6H2,1-5H3,(H,11,12). The zero-order chi connectivity index (χ0) is 10.5. The van der Waals surface area contributed by atoms with Crippen LogP contribution in [0.2, 0.25) is 0 Å². The van der Waals surface area contributed by atoms with Crippen molar-refractivity contribution in [1.29, 1.82) is 0 Å². The second-order valence-corrected chi connectivity index (χ2v) is 4.10. The molecule has 0 spiro atoms. The summed E-state index contributed by atoms with van der Waals surface area (Å²) in [6.45, 7) is 8.18. The Morgan fingerprint density at radius 1 is 1.46 bits per heavy atom. The molecule has 0 aromatic carbocycles. The highest BCUT2D eigenvalue weighted by Crippen LogP contribution is 2.06. The van der Waals surface area contributed by atoms with Crippen LogP contribution in [-0.4, -0.2) is 31.3 Å². The first-order chi connectivity index (χ1) is 5.85. The third kappa shape index (κ3) is 7.59. The lowest BCUT2D eigenvalue weighted by Crippen LogP contribution is -2.41. The summed E-state index contributed by atoms with van der Waals surface area (Å²) in [4.78, 5) is 11.2. The fourth-order valence-electron chi connectivity index (χ4n) is 0.866. The molecule has 0 aliphatic heterocycles. The van der Waals surface area contributed by atoms with Crippen molar-refractivity contribution < 1.29 is 9.53 Å². The van der Waals surface area contributed by atoms with Gasteiger partial charge in [-0.15, -0.1) is 0 Å². The van der Waals surface area contributed by atoms with Gasteiger partial charge in [0.15, 0.2) is 0 Å². The van der Waals surface area contributed by atoms with Crippen molar-refractivity contribution >= 4 is 6.09 Å². The van der Waals surface area contributed by atoms with Crippen molar-refractivity contribution in [3.8, 4) is 0 Å². The number of hydrogen-bond donors (Lipinski definition) is 2. The van der Waals surface area contributed by atoms with Gasteiger partial charge in [0.2, 0.25) is 0 Å². The highest BCUT2D eigenvalue weighted by atomic mass is 16.6. The Labute approximate surface area is 80.0 Å². The fourth-order valence-corrected chi connectivity index (χ4v) is 0.866. The van der Waals surface area contributed by atoms with Crippen molar-refractivity contribution in [2.45, 2.75) is 39.3 Å². The molecular formula is C9H20N2O2. The average molecular weight is 188 g/mol. The number of rotatable bonds is 3. The van der Waals surface area contributed by atoms with Gasteiger partial charge in [-0.3, -0.25) is 0 Å². The Balaban J connectivity index is 3.74. The van der Waals surface area contributed by atoms with Gasteiger partial charge in [0.1, 0.15) is 5.60 Å². The van der Waals surface area contributed by atoms with Gasteiger partial charge in [0, 0.05) is 12.6 Å². The molecule has 0 aliphatic carbocycles. The van der Waals surface area contributed by atoms with Crippen molar-refractivity contribution in [3.63, 3.8) is 0 Å². The molecule has 0 saturated carbocycles. The number of nitrogens with one attached hydrogen (secondary N) is 2. The lowest BCUT2D eigenvalue weighted by atomic mass is 10.2. The zero-order valence-corrected chi connectivity index (χ0v) is 9.10. The first kappa shape index (κ1) is 12.2. The normalized spacial score (nSPS) is 13.6. The van der Waals surface area contributed by atoms with Crippen LogP contribution in [0.25, 0.3) is 0 Å². The van der Waals surface area contributed by atoms with Crippen molar-refractivity contribution in [1.82, 2.24) is 10.6 Å². The lowest BCUT2D eigenvalue weighted by Gasteiger charge is -2.21. The SMILES string of the molecule is CNCC(C)NC(=O)OC(C)(C)C. The molecule has 1 amide bonds. The minimum atomic E-state index is -0.427. The summed E-state index contributed by atoms with van der Waals surface area (Å²) in [6, 6.07) is 0.0832. The van der Waals surface area contributed by atoms with Gasteiger partial charge in [0.25, 0.3) is 0 Å². The van der Waals surface area contributed by atoms with Crippen molar-refractivity contribution in [2.75, 3.05) is 13.6 Å². The predicted molar refractivity (Wildman–Crippen MR) is 52.8 cm³/mol. The van der Waals surface area contributed by atoms with Crippen LogP contribution in [0.3, 0.4) is 0 Å². The molecule has 0 rings (SSSR count).